The van der Waals surface area contributed by atoms with Crippen LogP contribution in [0.15, 0.2) is 27.7 Å². The van der Waals surface area contributed by atoms with E-state index in [2.05, 4.69) is 9.98 Å². The third kappa shape index (κ3) is 3.18. The maximum Gasteiger partial charge on any atom is 0.347 e. The minimum Gasteiger partial charge on any atom is -0.504 e. The number of allylic oxidation sites excluding steroid dienone is 1. The number of ether oxygens (including phenoxy) is 1. The summed E-state index contributed by atoms with van der Waals surface area (Å²) in [6, 6.07) is 3.64. The van der Waals surface area contributed by atoms with Crippen molar-refractivity contribution in [1.29, 1.82) is 0 Å². The second kappa shape index (κ2) is 7.40. The number of rotatable bonds is 6. The monoisotopic (exact) mass is 357 g/mol. The van der Waals surface area contributed by atoms with E-state index >= 15 is 0 Å². The number of nitrogens with zero attached hydrogens (tertiary/aromatic N) is 3. The quantitative estimate of drug-likeness (QED) is 0.763. The van der Waals surface area contributed by atoms with Crippen LogP contribution < -0.4 is 4.90 Å². The lowest BCUT2D eigenvalue weighted by Crippen LogP contribution is -2.22. The number of aliphatic hydroxyl groups is 1. The Labute approximate surface area is 150 Å². The van der Waals surface area contributed by atoms with E-state index in [1.807, 2.05) is 6.07 Å². The summed E-state index contributed by atoms with van der Waals surface area (Å²) >= 11 is 0. The Morgan fingerprint density at radius 3 is 3.00 bits per heavy atom. The van der Waals surface area contributed by atoms with Gasteiger partial charge in [-0.2, -0.15) is 0 Å². The van der Waals surface area contributed by atoms with Crippen LogP contribution in [-0.2, 0) is 4.74 Å². The van der Waals surface area contributed by atoms with Gasteiger partial charge in [-0.1, -0.05) is 0 Å². The predicted molar refractivity (Wildman–Crippen MR) is 96.9 cm³/mol. The molecule has 8 nitrogen and oxygen atoms in total. The summed E-state index contributed by atoms with van der Waals surface area (Å²) < 4.78 is 10.7. The molecule has 26 heavy (non-hydrogen) atoms. The predicted octanol–water partition coefficient (Wildman–Crippen LogP) is 2.24. The van der Waals surface area contributed by atoms with Gasteiger partial charge in [0, 0.05) is 37.1 Å². The fourth-order valence-corrected chi connectivity index (χ4v) is 2.62. The number of pyridine rings is 1. The van der Waals surface area contributed by atoms with Gasteiger partial charge in [0.15, 0.2) is 22.9 Å². The Hall–Kier alpha value is -3.13. The van der Waals surface area contributed by atoms with Crippen LogP contribution in [0.4, 0.5) is 11.7 Å². The maximum absolute atomic E-state index is 12.3. The number of furan rings is 1. The zero-order valence-electron chi connectivity index (χ0n) is 14.5. The van der Waals surface area contributed by atoms with Gasteiger partial charge < -0.3 is 24.3 Å². The summed E-state index contributed by atoms with van der Waals surface area (Å²) in [4.78, 5) is 22.2. The number of carbonyl (C=O) groups is 1. The number of fused-ring (bicyclic) bond motifs is 1. The average Bonchev–Trinajstić information content (AvgIpc) is 3.18. The topological polar surface area (TPSA) is 108 Å². The molecule has 0 saturated carbocycles. The lowest BCUT2D eigenvalue weighted by molar-refractivity contribution is 0.0523. The molecule has 1 aliphatic heterocycles. The first-order chi connectivity index (χ1) is 12.6. The van der Waals surface area contributed by atoms with Gasteiger partial charge in [0.2, 0.25) is 5.88 Å². The minimum absolute atomic E-state index is 0.0732. The number of aliphatic imine (C=N–C) groups is 1. The van der Waals surface area contributed by atoms with E-state index in [4.69, 9.17) is 14.3 Å². The van der Waals surface area contributed by atoms with E-state index in [0.717, 1.165) is 5.56 Å². The third-order valence-corrected chi connectivity index (χ3v) is 3.86. The number of aliphatic hydroxyl groups excluding tert-OH is 1. The first-order valence-corrected chi connectivity index (χ1v) is 8.12. The summed E-state index contributed by atoms with van der Waals surface area (Å²) in [7, 11) is 1.64. The number of likely N-dealkylation sites (N-methyl/N-ethyl adjacent to an activating group) is 1. The summed E-state index contributed by atoms with van der Waals surface area (Å²) in [6.45, 7) is 1.93. The Morgan fingerprint density at radius 1 is 1.46 bits per heavy atom. The molecule has 3 heterocycles. The number of aromatic hydroxyl groups is 1. The highest BCUT2D eigenvalue weighted by molar-refractivity contribution is 6.21. The van der Waals surface area contributed by atoms with Crippen LogP contribution in [0.1, 0.15) is 28.6 Å². The Bertz CT molecular complexity index is 885. The molecule has 2 N–H and O–H groups in total. The standard InChI is InChI=1S/C18H19N3O5/c1-3-25-18(24)14-15(23)13(26-17(14)21(2)7-8-22)9-11-10-20-16-12(11)5-4-6-19-16/h4-6,9-10,22-23H,3,7-8H2,1-2H3. The second-order valence-corrected chi connectivity index (χ2v) is 5.59. The number of aromatic nitrogens is 1. The van der Waals surface area contributed by atoms with E-state index in [1.165, 1.54) is 4.90 Å². The fraction of sp³-hybridized carbons (Fsp3) is 0.278. The zero-order valence-corrected chi connectivity index (χ0v) is 14.5. The van der Waals surface area contributed by atoms with Crippen LogP contribution >= 0.6 is 0 Å². The minimum atomic E-state index is -0.694. The molecule has 1 aliphatic rings. The smallest absolute Gasteiger partial charge is 0.347 e. The number of hydrogen-bond donors (Lipinski definition) is 2. The molecular formula is C18H19N3O5. The van der Waals surface area contributed by atoms with Crippen molar-refractivity contribution in [3.05, 3.63) is 35.2 Å². The van der Waals surface area contributed by atoms with Gasteiger partial charge in [-0.3, -0.25) is 0 Å². The van der Waals surface area contributed by atoms with Crippen LogP contribution in [-0.4, -0.2) is 54.2 Å². The molecule has 0 radical (unpaired) electrons. The lowest BCUT2D eigenvalue weighted by Gasteiger charge is -2.15. The molecular weight excluding hydrogens is 338 g/mol. The zero-order chi connectivity index (χ0) is 18.7. The van der Waals surface area contributed by atoms with E-state index in [9.17, 15) is 9.90 Å². The van der Waals surface area contributed by atoms with Crippen molar-refractivity contribution >= 4 is 35.5 Å². The SMILES string of the molecule is CCOC(=O)c1c(N(C)CCO)oc(C=C2C=Nc3ncccc32)c1O. The van der Waals surface area contributed by atoms with Gasteiger partial charge in [0.1, 0.15) is 0 Å². The van der Waals surface area contributed by atoms with Crippen LogP contribution in [0.2, 0.25) is 0 Å². The normalized spacial score (nSPS) is 13.9. The van der Waals surface area contributed by atoms with Crippen molar-refractivity contribution in [2.45, 2.75) is 6.92 Å². The summed E-state index contributed by atoms with van der Waals surface area (Å²) in [6.07, 6.45) is 4.84. The molecule has 0 aromatic carbocycles. The number of anilines is 1. The maximum atomic E-state index is 12.3. The van der Waals surface area contributed by atoms with Gasteiger partial charge in [-0.05, 0) is 25.1 Å². The second-order valence-electron chi connectivity index (χ2n) is 5.59. The third-order valence-electron chi connectivity index (χ3n) is 3.86. The fourth-order valence-electron chi connectivity index (χ4n) is 2.62. The lowest BCUT2D eigenvalue weighted by atomic mass is 10.1. The van der Waals surface area contributed by atoms with Crippen LogP contribution in [0.25, 0.3) is 11.6 Å². The van der Waals surface area contributed by atoms with Crippen molar-refractivity contribution in [3.8, 4) is 5.75 Å². The number of carbonyl (C=O) groups excluding carboxylic acids is 1. The molecule has 2 aromatic heterocycles. The molecule has 0 atom stereocenters. The molecule has 0 unspecified atom stereocenters. The largest absolute Gasteiger partial charge is 0.504 e. The molecule has 136 valence electrons. The van der Waals surface area contributed by atoms with Gasteiger partial charge in [-0.25, -0.2) is 14.8 Å². The molecule has 2 aromatic rings. The van der Waals surface area contributed by atoms with Gasteiger partial charge in [-0.15, -0.1) is 0 Å². The molecule has 0 aliphatic carbocycles. The molecule has 0 amide bonds. The average molecular weight is 357 g/mol. The first-order valence-electron chi connectivity index (χ1n) is 8.12. The van der Waals surface area contributed by atoms with Crippen molar-refractivity contribution in [1.82, 2.24) is 4.98 Å². The Balaban J connectivity index is 2.06. The van der Waals surface area contributed by atoms with Crippen LogP contribution in [0, 0.1) is 0 Å². The summed E-state index contributed by atoms with van der Waals surface area (Å²) in [5.74, 6) is -0.205. The highest BCUT2D eigenvalue weighted by Crippen LogP contribution is 2.39. The van der Waals surface area contributed by atoms with Crippen LogP contribution in [0.5, 0.6) is 5.75 Å². The molecule has 0 fully saturated rings. The highest BCUT2D eigenvalue weighted by Gasteiger charge is 2.29. The van der Waals surface area contributed by atoms with Crippen molar-refractivity contribution in [2.24, 2.45) is 4.99 Å². The Morgan fingerprint density at radius 2 is 2.27 bits per heavy atom. The van der Waals surface area contributed by atoms with Crippen molar-refractivity contribution in [2.75, 3.05) is 31.7 Å². The molecule has 0 spiro atoms. The molecule has 3 rings (SSSR count). The molecule has 0 saturated heterocycles. The van der Waals surface area contributed by atoms with E-state index in [-0.39, 0.29) is 42.7 Å². The molecule has 0 bridgehead atoms. The van der Waals surface area contributed by atoms with Gasteiger partial charge in [0.25, 0.3) is 0 Å². The summed E-state index contributed by atoms with van der Waals surface area (Å²) in [5.41, 5.74) is 1.42. The van der Waals surface area contributed by atoms with E-state index < -0.39 is 5.97 Å². The van der Waals surface area contributed by atoms with Crippen molar-refractivity contribution in [3.63, 3.8) is 0 Å². The summed E-state index contributed by atoms with van der Waals surface area (Å²) in [5, 5.41) is 19.7. The van der Waals surface area contributed by atoms with E-state index in [1.54, 1.807) is 38.5 Å². The van der Waals surface area contributed by atoms with Gasteiger partial charge >= 0.3 is 5.97 Å². The van der Waals surface area contributed by atoms with E-state index in [0.29, 0.717) is 11.4 Å². The number of esters is 1. The highest BCUT2D eigenvalue weighted by atomic mass is 16.5. The first kappa shape index (κ1) is 17.7. The molecule has 8 heteroatoms. The number of hydrogen-bond acceptors (Lipinski definition) is 8. The van der Waals surface area contributed by atoms with Crippen molar-refractivity contribution < 1.29 is 24.2 Å². The Kier molecular flexibility index (Phi) is 5.04. The van der Waals surface area contributed by atoms with Crippen LogP contribution in [0.3, 0.4) is 0 Å². The van der Waals surface area contributed by atoms with Gasteiger partial charge in [0.05, 0.1) is 13.2 Å².